The Morgan fingerprint density at radius 3 is 2.24 bits per heavy atom. The number of hydrogen-bond donors (Lipinski definition) is 1. The predicted octanol–water partition coefficient (Wildman–Crippen LogP) is 7.19. The van der Waals surface area contributed by atoms with Crippen LogP contribution in [0.4, 0.5) is 17.6 Å². The number of oxazole rings is 1. The Balaban J connectivity index is 1.80. The summed E-state index contributed by atoms with van der Waals surface area (Å²) >= 11 is 6.05. The number of benzene rings is 3. The van der Waals surface area contributed by atoms with Gasteiger partial charge in [-0.15, -0.1) is 0 Å². The number of hydrogen-bond acceptors (Lipinski definition) is 6. The van der Waals surface area contributed by atoms with Gasteiger partial charge in [-0.1, -0.05) is 17.7 Å². The van der Waals surface area contributed by atoms with Crippen LogP contribution in [0.3, 0.4) is 0 Å². The summed E-state index contributed by atoms with van der Waals surface area (Å²) < 4.78 is 87.6. The molecule has 42 heavy (non-hydrogen) atoms. The summed E-state index contributed by atoms with van der Waals surface area (Å²) in [5.74, 6) is -0.319. The zero-order valence-electron chi connectivity index (χ0n) is 22.3. The maximum Gasteiger partial charge on any atom is 0.434 e. The molecule has 0 aliphatic carbocycles. The molecule has 0 aliphatic rings. The molecule has 13 heteroatoms. The summed E-state index contributed by atoms with van der Waals surface area (Å²) in [5, 5.41) is 10.1. The molecule has 1 N–H and O–H groups in total. The highest BCUT2D eigenvalue weighted by Gasteiger charge is 2.35. The molecule has 0 saturated heterocycles. The second-order valence-electron chi connectivity index (χ2n) is 9.56. The van der Waals surface area contributed by atoms with Crippen LogP contribution in [0.1, 0.15) is 23.0 Å². The van der Waals surface area contributed by atoms with Gasteiger partial charge in [0.2, 0.25) is 0 Å². The molecular weight excluding hydrogens is 598 g/mol. The van der Waals surface area contributed by atoms with E-state index in [1.807, 2.05) is 0 Å². The minimum absolute atomic E-state index is 0.0438. The first-order valence-corrected chi connectivity index (χ1v) is 14.6. The molecule has 0 radical (unpaired) electrons. The van der Waals surface area contributed by atoms with Crippen molar-refractivity contribution in [3.05, 3.63) is 94.6 Å². The number of aromatic nitrogens is 3. The van der Waals surface area contributed by atoms with E-state index in [1.54, 1.807) is 37.3 Å². The summed E-state index contributed by atoms with van der Waals surface area (Å²) in [6.07, 6.45) is -2.93. The Kier molecular flexibility index (Phi) is 7.50. The summed E-state index contributed by atoms with van der Waals surface area (Å²) in [6.45, 7) is 2.20. The average Bonchev–Trinajstić information content (AvgIpc) is 3.50. The first-order valence-electron chi connectivity index (χ1n) is 12.3. The van der Waals surface area contributed by atoms with Gasteiger partial charge in [-0.3, -0.25) is 0 Å². The van der Waals surface area contributed by atoms with Crippen LogP contribution >= 0.6 is 11.6 Å². The van der Waals surface area contributed by atoms with Crippen LogP contribution in [-0.4, -0.2) is 34.3 Å². The predicted molar refractivity (Wildman–Crippen MR) is 148 cm³/mol. The Morgan fingerprint density at radius 1 is 0.976 bits per heavy atom. The third-order valence-corrected chi connectivity index (χ3v) is 7.99. The van der Waals surface area contributed by atoms with E-state index in [-0.39, 0.29) is 39.1 Å². The number of alkyl halides is 3. The lowest BCUT2D eigenvalue weighted by atomic mass is 9.97. The van der Waals surface area contributed by atoms with Gasteiger partial charge in [0.25, 0.3) is 0 Å². The number of aryl methyl sites for hydroxylation is 2. The number of aliphatic hydroxyl groups excluding tert-OH is 1. The third kappa shape index (κ3) is 5.57. The van der Waals surface area contributed by atoms with Crippen LogP contribution in [-0.2, 0) is 22.6 Å². The van der Waals surface area contributed by atoms with Crippen LogP contribution in [0.2, 0.25) is 5.02 Å². The molecule has 0 unspecified atom stereocenters. The highest BCUT2D eigenvalue weighted by molar-refractivity contribution is 7.90. The van der Waals surface area contributed by atoms with E-state index in [1.165, 1.54) is 29.7 Å². The second kappa shape index (κ2) is 10.7. The largest absolute Gasteiger partial charge is 0.440 e. The minimum atomic E-state index is -4.69. The van der Waals surface area contributed by atoms with Gasteiger partial charge in [-0.2, -0.15) is 13.2 Å². The van der Waals surface area contributed by atoms with Gasteiger partial charge in [-0.25, -0.2) is 22.8 Å². The fourth-order valence-electron chi connectivity index (χ4n) is 4.64. The summed E-state index contributed by atoms with van der Waals surface area (Å²) in [7, 11) is -3.93. The molecule has 0 aliphatic heterocycles. The fraction of sp³-hybridized carbons (Fsp3) is 0.172. The Bertz CT molecular complexity index is 1930. The van der Waals surface area contributed by atoms with Crippen LogP contribution in [0, 0.1) is 19.7 Å². The van der Waals surface area contributed by atoms with E-state index in [0.29, 0.717) is 27.5 Å². The first kappa shape index (κ1) is 29.5. The van der Waals surface area contributed by atoms with Crippen molar-refractivity contribution < 1.29 is 35.5 Å². The molecule has 3 aromatic carbocycles. The van der Waals surface area contributed by atoms with E-state index in [0.717, 1.165) is 18.5 Å². The molecule has 0 fully saturated rings. The van der Waals surface area contributed by atoms with Crippen LogP contribution in [0.5, 0.6) is 0 Å². The van der Waals surface area contributed by atoms with Gasteiger partial charge in [-0.05, 0) is 66.6 Å². The molecule has 2 aromatic heterocycles. The van der Waals surface area contributed by atoms with Crippen molar-refractivity contribution in [3.8, 4) is 39.4 Å². The lowest BCUT2D eigenvalue weighted by Crippen LogP contribution is -2.06. The van der Waals surface area contributed by atoms with E-state index < -0.39 is 34.1 Å². The van der Waals surface area contributed by atoms with Crippen molar-refractivity contribution >= 4 is 21.4 Å². The monoisotopic (exact) mass is 619 g/mol. The van der Waals surface area contributed by atoms with Crippen molar-refractivity contribution in [2.24, 2.45) is 0 Å². The standard InChI is InChI=1S/C29H22ClF4N3O4S/c1-15-35-26(29(32,33)34)13-37(15)24-9-6-18(19-11-23(31)22(14-38)25(12-19)42(3,39)40)10-21(24)27-28(41-16(2)36-27)17-4-7-20(30)8-5-17/h4-13,38H,14H2,1-3H3. The number of aliphatic hydroxyl groups is 1. The van der Waals surface area contributed by atoms with Gasteiger partial charge in [0, 0.05) is 41.1 Å². The highest BCUT2D eigenvalue weighted by Crippen LogP contribution is 2.40. The smallest absolute Gasteiger partial charge is 0.434 e. The number of imidazole rings is 1. The average molecular weight is 620 g/mol. The lowest BCUT2D eigenvalue weighted by molar-refractivity contribution is -0.141. The summed E-state index contributed by atoms with van der Waals surface area (Å²) in [5.41, 5.74) is 0.442. The Morgan fingerprint density at radius 2 is 1.64 bits per heavy atom. The number of nitrogens with zero attached hydrogens (tertiary/aromatic N) is 3. The topological polar surface area (TPSA) is 98.2 Å². The van der Waals surface area contributed by atoms with Crippen LogP contribution < -0.4 is 0 Å². The summed E-state index contributed by atoms with van der Waals surface area (Å²) in [6, 6.07) is 13.6. The Hall–Kier alpha value is -4.00. The van der Waals surface area contributed by atoms with E-state index in [4.69, 9.17) is 16.0 Å². The SMILES string of the molecule is Cc1nc(-c2cc(-c3cc(F)c(CO)c(S(C)(=O)=O)c3)ccc2-n2cc(C(F)(F)F)nc2C)c(-c2ccc(Cl)cc2)o1. The molecule has 7 nitrogen and oxygen atoms in total. The minimum Gasteiger partial charge on any atom is -0.440 e. The molecule has 5 rings (SSSR count). The summed E-state index contributed by atoms with van der Waals surface area (Å²) in [4.78, 5) is 7.82. The van der Waals surface area contributed by atoms with Gasteiger partial charge in [0.15, 0.2) is 27.2 Å². The van der Waals surface area contributed by atoms with Crippen LogP contribution in [0.25, 0.3) is 39.4 Å². The number of rotatable bonds is 6. The van der Waals surface area contributed by atoms with Gasteiger partial charge in [0.1, 0.15) is 17.3 Å². The molecule has 0 atom stereocenters. The number of halogens is 5. The van der Waals surface area contributed by atoms with Crippen molar-refractivity contribution in [1.29, 1.82) is 0 Å². The van der Waals surface area contributed by atoms with Crippen LogP contribution in [0.15, 0.2) is 70.1 Å². The quantitative estimate of drug-likeness (QED) is 0.202. The fourth-order valence-corrected chi connectivity index (χ4v) is 5.71. The van der Waals surface area contributed by atoms with Crippen molar-refractivity contribution in [2.75, 3.05) is 6.26 Å². The van der Waals surface area contributed by atoms with Gasteiger partial charge in [0.05, 0.1) is 17.2 Å². The van der Waals surface area contributed by atoms with Crippen molar-refractivity contribution in [3.63, 3.8) is 0 Å². The molecule has 0 spiro atoms. The highest BCUT2D eigenvalue weighted by atomic mass is 35.5. The van der Waals surface area contributed by atoms with E-state index >= 15 is 4.39 Å². The maximum atomic E-state index is 15.0. The van der Waals surface area contributed by atoms with Crippen molar-refractivity contribution in [2.45, 2.75) is 31.5 Å². The molecule has 5 aromatic rings. The molecule has 0 bridgehead atoms. The van der Waals surface area contributed by atoms with Crippen molar-refractivity contribution in [1.82, 2.24) is 14.5 Å². The number of sulfone groups is 1. The second-order valence-corrected chi connectivity index (χ2v) is 12.0. The molecular formula is C29H22ClF4N3O4S. The molecule has 0 saturated carbocycles. The molecule has 0 amide bonds. The third-order valence-electron chi connectivity index (χ3n) is 6.57. The zero-order chi connectivity index (χ0) is 30.6. The molecule has 218 valence electrons. The van der Waals surface area contributed by atoms with E-state index in [9.17, 15) is 26.7 Å². The van der Waals surface area contributed by atoms with Gasteiger partial charge >= 0.3 is 6.18 Å². The zero-order valence-corrected chi connectivity index (χ0v) is 23.9. The normalized spacial score (nSPS) is 12.2. The maximum absolute atomic E-state index is 15.0. The van der Waals surface area contributed by atoms with E-state index in [2.05, 4.69) is 9.97 Å². The van der Waals surface area contributed by atoms with Gasteiger partial charge < -0.3 is 14.1 Å². The Labute approximate surface area is 243 Å². The lowest BCUT2D eigenvalue weighted by Gasteiger charge is -2.15. The molecule has 2 heterocycles. The first-order chi connectivity index (χ1) is 19.7.